The number of thioether (sulfide) groups is 1. The molecule has 2 N–H and O–H groups in total. The van der Waals surface area contributed by atoms with Crippen LogP contribution >= 0.6 is 11.8 Å². The van der Waals surface area contributed by atoms with Crippen LogP contribution in [0.15, 0.2) is 0 Å². The molecule has 0 aromatic rings. The number of amides is 2. The van der Waals surface area contributed by atoms with Gasteiger partial charge in [0.1, 0.15) is 6.04 Å². The van der Waals surface area contributed by atoms with Gasteiger partial charge in [-0.15, -0.1) is 0 Å². The number of hydrogen-bond acceptors (Lipinski definition) is 3. The van der Waals surface area contributed by atoms with Gasteiger partial charge in [0.05, 0.1) is 0 Å². The highest BCUT2D eigenvalue weighted by Gasteiger charge is 2.31. The molecule has 1 aliphatic rings. The Kier molecular flexibility index (Phi) is 5.78. The van der Waals surface area contributed by atoms with Gasteiger partial charge >= 0.3 is 12.0 Å². The van der Waals surface area contributed by atoms with Gasteiger partial charge in [-0.25, -0.2) is 9.59 Å². The van der Waals surface area contributed by atoms with E-state index >= 15 is 0 Å². The molecule has 2 amide bonds. The van der Waals surface area contributed by atoms with E-state index in [1.807, 2.05) is 13.2 Å². The molecule has 3 atom stereocenters. The van der Waals surface area contributed by atoms with E-state index in [-0.39, 0.29) is 12.1 Å². The Morgan fingerprint density at radius 2 is 2.17 bits per heavy atom. The molecule has 1 fully saturated rings. The molecule has 5 nitrogen and oxygen atoms in total. The molecule has 0 aromatic heterocycles. The summed E-state index contributed by atoms with van der Waals surface area (Å²) in [5.41, 5.74) is 0. The quantitative estimate of drug-likeness (QED) is 0.799. The maximum atomic E-state index is 12.0. The summed E-state index contributed by atoms with van der Waals surface area (Å²) in [5, 5.41) is 11.7. The van der Waals surface area contributed by atoms with Gasteiger partial charge in [-0.2, -0.15) is 11.8 Å². The van der Waals surface area contributed by atoms with Crippen molar-refractivity contribution in [3.8, 4) is 0 Å². The summed E-state index contributed by atoms with van der Waals surface area (Å²) >= 11 is 1.58. The summed E-state index contributed by atoms with van der Waals surface area (Å²) in [4.78, 5) is 24.8. The van der Waals surface area contributed by atoms with Crippen LogP contribution in [-0.2, 0) is 4.79 Å². The fraction of sp³-hybridized carbons (Fsp3) is 0.833. The number of carboxylic acid groups (broad SMARTS) is 1. The number of urea groups is 1. The zero-order valence-electron chi connectivity index (χ0n) is 11.2. The molecule has 0 radical (unpaired) electrons. The van der Waals surface area contributed by atoms with Gasteiger partial charge in [0.15, 0.2) is 0 Å². The van der Waals surface area contributed by atoms with E-state index in [1.165, 1.54) is 0 Å². The van der Waals surface area contributed by atoms with Crippen LogP contribution < -0.4 is 5.32 Å². The first-order valence-corrected chi connectivity index (χ1v) is 7.64. The first-order chi connectivity index (χ1) is 8.45. The lowest BCUT2D eigenvalue weighted by Crippen LogP contribution is -2.49. The minimum absolute atomic E-state index is 0.190. The first kappa shape index (κ1) is 15.1. The maximum absolute atomic E-state index is 12.0. The van der Waals surface area contributed by atoms with Crippen LogP contribution in [-0.4, -0.2) is 52.6 Å². The predicted molar refractivity (Wildman–Crippen MR) is 72.9 cm³/mol. The second-order valence-corrected chi connectivity index (χ2v) is 5.95. The molecule has 1 saturated heterocycles. The van der Waals surface area contributed by atoms with E-state index in [9.17, 15) is 9.59 Å². The molecule has 1 rings (SSSR count). The zero-order valence-corrected chi connectivity index (χ0v) is 12.0. The smallest absolute Gasteiger partial charge is 0.326 e. The van der Waals surface area contributed by atoms with Crippen molar-refractivity contribution in [3.63, 3.8) is 0 Å². The lowest BCUT2D eigenvalue weighted by atomic mass is 10.1. The Morgan fingerprint density at radius 1 is 1.50 bits per heavy atom. The third kappa shape index (κ3) is 4.08. The van der Waals surface area contributed by atoms with E-state index < -0.39 is 12.0 Å². The number of rotatable bonds is 5. The first-order valence-electron chi connectivity index (χ1n) is 6.24. The summed E-state index contributed by atoms with van der Waals surface area (Å²) in [6.07, 6.45) is 3.36. The monoisotopic (exact) mass is 274 g/mol. The van der Waals surface area contributed by atoms with E-state index in [2.05, 4.69) is 12.2 Å². The molecule has 1 heterocycles. The van der Waals surface area contributed by atoms with Gasteiger partial charge in [-0.3, -0.25) is 0 Å². The van der Waals surface area contributed by atoms with E-state index in [4.69, 9.17) is 5.11 Å². The average Bonchev–Trinajstić information content (AvgIpc) is 2.63. The molecule has 0 aliphatic carbocycles. The van der Waals surface area contributed by atoms with E-state index in [1.54, 1.807) is 16.7 Å². The highest BCUT2D eigenvalue weighted by atomic mass is 32.2. The second kappa shape index (κ2) is 6.87. The van der Waals surface area contributed by atoms with Gasteiger partial charge in [-0.05, 0) is 37.7 Å². The van der Waals surface area contributed by atoms with Gasteiger partial charge < -0.3 is 15.3 Å². The number of aliphatic carboxylic acids is 1. The fourth-order valence-corrected chi connectivity index (χ4v) is 2.78. The zero-order chi connectivity index (χ0) is 13.7. The van der Waals surface area contributed by atoms with E-state index in [0.717, 1.165) is 12.2 Å². The number of nitrogens with zero attached hydrogens (tertiary/aromatic N) is 1. The third-order valence-corrected chi connectivity index (χ3v) is 3.90. The molecule has 0 bridgehead atoms. The highest BCUT2D eigenvalue weighted by Crippen LogP contribution is 2.22. The van der Waals surface area contributed by atoms with Crippen LogP contribution in [0.4, 0.5) is 4.79 Å². The molecule has 6 heteroatoms. The van der Waals surface area contributed by atoms with Gasteiger partial charge in [-0.1, -0.05) is 6.92 Å². The Labute approximate surface area is 112 Å². The minimum atomic E-state index is -0.961. The second-order valence-electron chi connectivity index (χ2n) is 4.96. The normalized spacial score (nSPS) is 24.9. The van der Waals surface area contributed by atoms with Crippen molar-refractivity contribution >= 4 is 23.8 Å². The van der Waals surface area contributed by atoms with Crippen LogP contribution in [0.2, 0.25) is 0 Å². The molecule has 1 aliphatic heterocycles. The summed E-state index contributed by atoms with van der Waals surface area (Å²) in [6, 6.07) is -0.844. The summed E-state index contributed by atoms with van der Waals surface area (Å²) < 4.78 is 0. The van der Waals surface area contributed by atoms with Crippen molar-refractivity contribution in [1.82, 2.24) is 10.2 Å². The van der Waals surface area contributed by atoms with Crippen molar-refractivity contribution in [2.75, 3.05) is 18.6 Å². The van der Waals surface area contributed by atoms with Crippen molar-refractivity contribution in [1.29, 1.82) is 0 Å². The van der Waals surface area contributed by atoms with Crippen molar-refractivity contribution in [3.05, 3.63) is 0 Å². The summed E-state index contributed by atoms with van der Waals surface area (Å²) in [6.45, 7) is 4.81. The number of hydrogen-bond donors (Lipinski definition) is 2. The number of likely N-dealkylation sites (tertiary alicyclic amines) is 1. The standard InChI is InChI=1S/C12H22N2O3S/c1-8-6-9(2)14(7-8)12(17)13-10(11(15)16)4-5-18-3/h8-10H,4-7H2,1-3H3,(H,13,17)(H,15,16)/t8?,9?,10-/m0/s1. The summed E-state index contributed by atoms with van der Waals surface area (Å²) in [5.74, 6) is 0.251. The minimum Gasteiger partial charge on any atom is -0.480 e. The van der Waals surface area contributed by atoms with Crippen LogP contribution in [0.5, 0.6) is 0 Å². The van der Waals surface area contributed by atoms with Gasteiger partial charge in [0, 0.05) is 12.6 Å². The van der Waals surface area contributed by atoms with Crippen LogP contribution in [0, 0.1) is 5.92 Å². The fourth-order valence-electron chi connectivity index (χ4n) is 2.31. The van der Waals surface area contributed by atoms with Gasteiger partial charge in [0.25, 0.3) is 0 Å². The molecule has 104 valence electrons. The lowest BCUT2D eigenvalue weighted by molar-refractivity contribution is -0.139. The Bertz CT molecular complexity index is 312. The number of carbonyl (C=O) groups excluding carboxylic acids is 1. The molecule has 0 saturated carbocycles. The van der Waals surface area contributed by atoms with Crippen molar-refractivity contribution < 1.29 is 14.7 Å². The topological polar surface area (TPSA) is 69.6 Å². The predicted octanol–water partition coefficient (Wildman–Crippen LogP) is 1.63. The number of nitrogens with one attached hydrogen (secondary N) is 1. The number of carbonyl (C=O) groups is 2. The average molecular weight is 274 g/mol. The third-order valence-electron chi connectivity index (χ3n) is 3.25. The molecule has 0 spiro atoms. The van der Waals surface area contributed by atoms with Crippen molar-refractivity contribution in [2.24, 2.45) is 5.92 Å². The largest absolute Gasteiger partial charge is 0.480 e. The maximum Gasteiger partial charge on any atom is 0.326 e. The Balaban J connectivity index is 2.53. The lowest BCUT2D eigenvalue weighted by Gasteiger charge is -2.24. The SMILES string of the molecule is CSCC[C@H](NC(=O)N1CC(C)CC1C)C(=O)O. The summed E-state index contributed by atoms with van der Waals surface area (Å²) in [7, 11) is 0. The van der Waals surface area contributed by atoms with E-state index in [0.29, 0.717) is 18.9 Å². The molecular formula is C12H22N2O3S. The molecule has 18 heavy (non-hydrogen) atoms. The van der Waals surface area contributed by atoms with Crippen LogP contribution in [0.3, 0.4) is 0 Å². The van der Waals surface area contributed by atoms with Crippen LogP contribution in [0.25, 0.3) is 0 Å². The molecule has 2 unspecified atom stereocenters. The Morgan fingerprint density at radius 3 is 2.61 bits per heavy atom. The molecular weight excluding hydrogens is 252 g/mol. The number of carboxylic acids is 1. The van der Waals surface area contributed by atoms with Gasteiger partial charge in [0.2, 0.25) is 0 Å². The van der Waals surface area contributed by atoms with Crippen LogP contribution in [0.1, 0.15) is 26.7 Å². The van der Waals surface area contributed by atoms with Crippen molar-refractivity contribution in [2.45, 2.75) is 38.8 Å². The highest BCUT2D eigenvalue weighted by molar-refractivity contribution is 7.98. The molecule has 0 aromatic carbocycles. The Hall–Kier alpha value is -0.910.